The van der Waals surface area contributed by atoms with Crippen molar-refractivity contribution < 1.29 is 29.0 Å². The Kier molecular flexibility index (Phi) is 6.20. The third-order valence-electron chi connectivity index (χ3n) is 3.59. The Hall–Kier alpha value is -3.10. The lowest BCUT2D eigenvalue weighted by Gasteiger charge is -2.26. The summed E-state index contributed by atoms with van der Waals surface area (Å²) < 4.78 is 12.3. The van der Waals surface area contributed by atoms with Crippen LogP contribution in [-0.2, 0) is 20.7 Å². The number of carboxylic acid groups (broad SMARTS) is 1. The number of amides is 1. The maximum absolute atomic E-state index is 12.7. The molecule has 9 nitrogen and oxygen atoms in total. The van der Waals surface area contributed by atoms with Crippen LogP contribution in [0, 0.1) is 0 Å². The number of fused-ring (bicyclic) bond motifs is 1. The highest BCUT2D eigenvalue weighted by molar-refractivity contribution is 5.86. The summed E-state index contributed by atoms with van der Waals surface area (Å²) in [5.74, 6) is -1.78. The van der Waals surface area contributed by atoms with Crippen LogP contribution in [-0.4, -0.2) is 49.8 Å². The second-order valence-electron chi connectivity index (χ2n) is 8.61. The molecule has 0 fully saturated rings. The minimum absolute atomic E-state index is 0.0565. The predicted molar refractivity (Wildman–Crippen MR) is 105 cm³/mol. The molecular weight excluding hydrogens is 378 g/mol. The third kappa shape index (κ3) is 6.48. The zero-order valence-electron chi connectivity index (χ0n) is 17.5. The number of hydrogen-bond donors (Lipinski definition) is 2. The first-order valence-electron chi connectivity index (χ1n) is 9.18. The Morgan fingerprint density at radius 1 is 1.10 bits per heavy atom. The van der Waals surface area contributed by atoms with Crippen molar-refractivity contribution in [3.63, 3.8) is 0 Å². The largest absolute Gasteiger partial charge is 0.476 e. The van der Waals surface area contributed by atoms with Crippen LogP contribution in [0.2, 0.25) is 0 Å². The van der Waals surface area contributed by atoms with Crippen molar-refractivity contribution in [2.75, 3.05) is 0 Å². The van der Waals surface area contributed by atoms with Crippen LogP contribution < -0.4 is 5.32 Å². The maximum atomic E-state index is 12.7. The fourth-order valence-corrected chi connectivity index (χ4v) is 2.56. The van der Waals surface area contributed by atoms with Crippen LogP contribution in [0.1, 0.15) is 57.7 Å². The summed E-state index contributed by atoms with van der Waals surface area (Å²) in [4.78, 5) is 40.2. The van der Waals surface area contributed by atoms with Gasteiger partial charge in [-0.1, -0.05) is 6.07 Å². The highest BCUT2D eigenvalue weighted by Crippen LogP contribution is 2.15. The van der Waals surface area contributed by atoms with Crippen molar-refractivity contribution in [3.8, 4) is 0 Å². The molecular formula is C20H27N3O6. The monoisotopic (exact) mass is 405 g/mol. The van der Waals surface area contributed by atoms with E-state index in [-0.39, 0.29) is 12.1 Å². The van der Waals surface area contributed by atoms with Crippen molar-refractivity contribution >= 4 is 23.7 Å². The third-order valence-corrected chi connectivity index (χ3v) is 3.59. The number of nitrogens with zero attached hydrogens (tertiary/aromatic N) is 2. The first-order chi connectivity index (χ1) is 13.2. The molecule has 1 atom stereocenters. The minimum atomic E-state index is -1.16. The number of carbonyl (C=O) groups excluding carboxylic acids is 2. The summed E-state index contributed by atoms with van der Waals surface area (Å²) in [5, 5.41) is 11.7. The fraction of sp³-hybridized carbons (Fsp3) is 0.500. The lowest BCUT2D eigenvalue weighted by atomic mass is 10.1. The van der Waals surface area contributed by atoms with Crippen LogP contribution in [0.3, 0.4) is 0 Å². The SMILES string of the molecule is CC(C)(C)OC(=O)NC(Cc1cccc2nc(C(=O)O)cn12)C(=O)OC(C)(C)C. The minimum Gasteiger partial charge on any atom is -0.476 e. The van der Waals surface area contributed by atoms with E-state index in [2.05, 4.69) is 10.3 Å². The molecule has 2 heterocycles. The first kappa shape index (κ1) is 22.2. The Bertz CT molecular complexity index is 920. The highest BCUT2D eigenvalue weighted by atomic mass is 16.6. The number of pyridine rings is 1. The molecule has 2 aromatic rings. The van der Waals surface area contributed by atoms with Crippen molar-refractivity contribution in [1.82, 2.24) is 14.7 Å². The summed E-state index contributed by atoms with van der Waals surface area (Å²) in [6.45, 7) is 10.3. The van der Waals surface area contributed by atoms with E-state index in [0.717, 1.165) is 0 Å². The van der Waals surface area contributed by atoms with Gasteiger partial charge in [0.25, 0.3) is 0 Å². The van der Waals surface area contributed by atoms with E-state index < -0.39 is 35.3 Å². The van der Waals surface area contributed by atoms with Crippen LogP contribution in [0.25, 0.3) is 5.65 Å². The normalized spacial score (nSPS) is 13.0. The molecule has 0 saturated carbocycles. The van der Waals surface area contributed by atoms with Crippen LogP contribution in [0.15, 0.2) is 24.4 Å². The van der Waals surface area contributed by atoms with Crippen LogP contribution >= 0.6 is 0 Å². The molecule has 158 valence electrons. The van der Waals surface area contributed by atoms with E-state index in [1.54, 1.807) is 64.1 Å². The Balaban J connectivity index is 2.33. The molecule has 9 heteroatoms. The second kappa shape index (κ2) is 8.10. The number of nitrogens with one attached hydrogen (secondary N) is 1. The van der Waals surface area contributed by atoms with Gasteiger partial charge in [-0.15, -0.1) is 0 Å². The van der Waals surface area contributed by atoms with Gasteiger partial charge in [-0.2, -0.15) is 0 Å². The number of aromatic nitrogens is 2. The summed E-state index contributed by atoms with van der Waals surface area (Å²) >= 11 is 0. The Morgan fingerprint density at radius 3 is 2.28 bits per heavy atom. The number of esters is 1. The number of hydrogen-bond acceptors (Lipinski definition) is 6. The van der Waals surface area contributed by atoms with Gasteiger partial charge in [-0.3, -0.25) is 0 Å². The van der Waals surface area contributed by atoms with Crippen molar-refractivity contribution in [2.45, 2.75) is 65.2 Å². The average Bonchev–Trinajstić information content (AvgIpc) is 2.96. The summed E-state index contributed by atoms with van der Waals surface area (Å²) in [7, 11) is 0. The van der Waals surface area contributed by atoms with Crippen molar-refractivity contribution in [1.29, 1.82) is 0 Å². The lowest BCUT2D eigenvalue weighted by molar-refractivity contribution is -0.157. The molecule has 0 bridgehead atoms. The van der Waals surface area contributed by atoms with E-state index in [0.29, 0.717) is 11.3 Å². The van der Waals surface area contributed by atoms with Gasteiger partial charge in [0.15, 0.2) is 5.69 Å². The highest BCUT2D eigenvalue weighted by Gasteiger charge is 2.29. The second-order valence-corrected chi connectivity index (χ2v) is 8.61. The van der Waals surface area contributed by atoms with Gasteiger partial charge in [0.05, 0.1) is 0 Å². The standard InChI is InChI=1S/C20H27N3O6/c1-19(2,3)28-17(26)13(22-18(27)29-20(4,5)6)10-12-8-7-9-15-21-14(16(24)25)11-23(12)15/h7-9,11,13H,10H2,1-6H3,(H,22,27)(H,24,25). The van der Waals surface area contributed by atoms with Crippen molar-refractivity contribution in [3.05, 3.63) is 35.8 Å². The molecule has 29 heavy (non-hydrogen) atoms. The van der Waals surface area contributed by atoms with Gasteiger partial charge in [0.2, 0.25) is 0 Å². The zero-order valence-corrected chi connectivity index (χ0v) is 17.5. The molecule has 1 amide bonds. The molecule has 0 spiro atoms. The van der Waals surface area contributed by atoms with E-state index in [1.165, 1.54) is 6.20 Å². The van der Waals surface area contributed by atoms with E-state index >= 15 is 0 Å². The number of imidazole rings is 1. The molecule has 2 N–H and O–H groups in total. The van der Waals surface area contributed by atoms with Gasteiger partial charge >= 0.3 is 18.0 Å². The average molecular weight is 405 g/mol. The number of rotatable bonds is 5. The van der Waals surface area contributed by atoms with Gasteiger partial charge in [0.1, 0.15) is 22.9 Å². The summed E-state index contributed by atoms with van der Waals surface area (Å²) in [6, 6.07) is 4.03. The Labute approximate surface area is 169 Å². The van der Waals surface area contributed by atoms with E-state index in [1.807, 2.05) is 0 Å². The molecule has 2 aromatic heterocycles. The maximum Gasteiger partial charge on any atom is 0.408 e. The zero-order chi connectivity index (χ0) is 22.0. The number of carbonyl (C=O) groups is 3. The number of aromatic carboxylic acids is 1. The predicted octanol–water partition coefficient (Wildman–Crippen LogP) is 2.81. The van der Waals surface area contributed by atoms with Crippen molar-refractivity contribution in [2.24, 2.45) is 0 Å². The molecule has 1 unspecified atom stereocenters. The van der Waals surface area contributed by atoms with E-state index in [9.17, 15) is 19.5 Å². The molecule has 0 aliphatic rings. The topological polar surface area (TPSA) is 119 Å². The number of carboxylic acids is 1. The van der Waals surface area contributed by atoms with Gasteiger partial charge < -0.3 is 24.3 Å². The van der Waals surface area contributed by atoms with Crippen LogP contribution in [0.5, 0.6) is 0 Å². The summed E-state index contributed by atoms with van der Waals surface area (Å²) in [6.07, 6.45) is 0.672. The molecule has 0 aliphatic heterocycles. The van der Waals surface area contributed by atoms with Gasteiger partial charge in [-0.05, 0) is 53.7 Å². The fourth-order valence-electron chi connectivity index (χ4n) is 2.56. The smallest absolute Gasteiger partial charge is 0.408 e. The quantitative estimate of drug-likeness (QED) is 0.734. The van der Waals surface area contributed by atoms with Gasteiger partial charge in [0, 0.05) is 18.3 Å². The summed E-state index contributed by atoms with van der Waals surface area (Å²) in [5.41, 5.74) is -0.605. The number of ether oxygens (including phenoxy) is 2. The molecule has 0 aromatic carbocycles. The first-order valence-corrected chi connectivity index (χ1v) is 9.18. The molecule has 0 aliphatic carbocycles. The van der Waals surface area contributed by atoms with E-state index in [4.69, 9.17) is 9.47 Å². The molecule has 0 radical (unpaired) electrons. The number of alkyl carbamates (subject to hydrolysis) is 1. The van der Waals surface area contributed by atoms with Gasteiger partial charge in [-0.25, -0.2) is 19.4 Å². The van der Waals surface area contributed by atoms with Crippen LogP contribution in [0.4, 0.5) is 4.79 Å². The molecule has 2 rings (SSSR count). The lowest BCUT2D eigenvalue weighted by Crippen LogP contribution is -2.47. The molecule has 0 saturated heterocycles. The Morgan fingerprint density at radius 2 is 1.72 bits per heavy atom.